The minimum absolute atomic E-state index is 0.267. The number of nitriles is 1. The predicted octanol–water partition coefficient (Wildman–Crippen LogP) is 3.03. The molecule has 0 radical (unpaired) electrons. The van der Waals surface area contributed by atoms with Gasteiger partial charge >= 0.3 is 0 Å². The third-order valence-electron chi connectivity index (χ3n) is 2.65. The third kappa shape index (κ3) is 4.46. The quantitative estimate of drug-likeness (QED) is 0.820. The van der Waals surface area contributed by atoms with Gasteiger partial charge in [0.1, 0.15) is 0 Å². The molecule has 0 aliphatic heterocycles. The van der Waals surface area contributed by atoms with Crippen LogP contribution in [-0.4, -0.2) is 19.3 Å². The van der Waals surface area contributed by atoms with Crippen molar-refractivity contribution in [2.24, 2.45) is 5.92 Å². The Morgan fingerprint density at radius 1 is 1.41 bits per heavy atom. The van der Waals surface area contributed by atoms with Gasteiger partial charge in [0.05, 0.1) is 24.3 Å². The molecule has 0 heterocycles. The van der Waals surface area contributed by atoms with Crippen LogP contribution >= 0.6 is 0 Å². The smallest absolute Gasteiger partial charge is 0.0992 e. The molecule has 1 aromatic rings. The van der Waals surface area contributed by atoms with Crippen LogP contribution in [0.4, 0.5) is 5.69 Å². The lowest BCUT2D eigenvalue weighted by Crippen LogP contribution is -2.30. The molecule has 92 valence electrons. The lowest BCUT2D eigenvalue weighted by atomic mass is 10.0. The maximum atomic E-state index is 8.84. The molecule has 1 rings (SSSR count). The van der Waals surface area contributed by atoms with E-state index in [0.29, 0.717) is 18.1 Å². The highest BCUT2D eigenvalue weighted by Gasteiger charge is 2.13. The molecular formula is C14H20N2O. The topological polar surface area (TPSA) is 45.0 Å². The minimum atomic E-state index is 0.267. The van der Waals surface area contributed by atoms with Crippen LogP contribution in [0, 0.1) is 17.2 Å². The summed E-state index contributed by atoms with van der Waals surface area (Å²) in [6.07, 6.45) is 0. The highest BCUT2D eigenvalue weighted by Crippen LogP contribution is 2.14. The van der Waals surface area contributed by atoms with Gasteiger partial charge in [-0.05, 0) is 31.0 Å². The Bertz CT molecular complexity index is 382. The maximum Gasteiger partial charge on any atom is 0.0992 e. The Morgan fingerprint density at radius 2 is 2.18 bits per heavy atom. The highest BCUT2D eigenvalue weighted by molar-refractivity contribution is 5.49. The zero-order valence-electron chi connectivity index (χ0n) is 10.7. The SMILES string of the molecule is CCOCC(Nc1cccc(C#N)c1)C(C)C. The van der Waals surface area contributed by atoms with Crippen molar-refractivity contribution < 1.29 is 4.74 Å². The molecule has 0 bridgehead atoms. The Kier molecular flexibility index (Phi) is 5.51. The fraction of sp³-hybridized carbons (Fsp3) is 0.500. The molecule has 1 aromatic carbocycles. The molecule has 1 unspecified atom stereocenters. The first-order chi connectivity index (χ1) is 8.17. The van der Waals surface area contributed by atoms with E-state index in [9.17, 15) is 0 Å². The summed E-state index contributed by atoms with van der Waals surface area (Å²) < 4.78 is 5.46. The molecule has 0 spiro atoms. The molecule has 0 saturated carbocycles. The van der Waals surface area contributed by atoms with E-state index in [4.69, 9.17) is 10.00 Å². The largest absolute Gasteiger partial charge is 0.380 e. The number of benzene rings is 1. The number of hydrogen-bond donors (Lipinski definition) is 1. The minimum Gasteiger partial charge on any atom is -0.380 e. The first kappa shape index (κ1) is 13.5. The molecule has 3 heteroatoms. The van der Waals surface area contributed by atoms with E-state index >= 15 is 0 Å². The standard InChI is InChI=1S/C14H20N2O/c1-4-17-10-14(11(2)3)16-13-7-5-6-12(8-13)9-15/h5-8,11,14,16H,4,10H2,1-3H3. The van der Waals surface area contributed by atoms with E-state index in [-0.39, 0.29) is 6.04 Å². The zero-order chi connectivity index (χ0) is 12.7. The first-order valence-corrected chi connectivity index (χ1v) is 6.01. The molecule has 0 aliphatic carbocycles. The van der Waals surface area contributed by atoms with Gasteiger partial charge in [0.2, 0.25) is 0 Å². The van der Waals surface area contributed by atoms with E-state index in [1.165, 1.54) is 0 Å². The van der Waals surface area contributed by atoms with Gasteiger partial charge in [-0.1, -0.05) is 19.9 Å². The van der Waals surface area contributed by atoms with E-state index in [1.54, 1.807) is 6.07 Å². The molecule has 3 nitrogen and oxygen atoms in total. The van der Waals surface area contributed by atoms with Gasteiger partial charge in [0.15, 0.2) is 0 Å². The number of hydrogen-bond acceptors (Lipinski definition) is 3. The Morgan fingerprint density at radius 3 is 2.76 bits per heavy atom. The van der Waals surface area contributed by atoms with Gasteiger partial charge in [-0.15, -0.1) is 0 Å². The van der Waals surface area contributed by atoms with Crippen LogP contribution in [0.5, 0.6) is 0 Å². The van der Waals surface area contributed by atoms with Gasteiger partial charge in [-0.3, -0.25) is 0 Å². The predicted molar refractivity (Wildman–Crippen MR) is 69.9 cm³/mol. The lowest BCUT2D eigenvalue weighted by molar-refractivity contribution is 0.127. The number of ether oxygens (including phenoxy) is 1. The second-order valence-corrected chi connectivity index (χ2v) is 4.35. The summed E-state index contributed by atoms with van der Waals surface area (Å²) in [4.78, 5) is 0. The third-order valence-corrected chi connectivity index (χ3v) is 2.65. The highest BCUT2D eigenvalue weighted by atomic mass is 16.5. The average molecular weight is 232 g/mol. The summed E-state index contributed by atoms with van der Waals surface area (Å²) in [7, 11) is 0. The van der Waals surface area contributed by atoms with Crippen LogP contribution < -0.4 is 5.32 Å². The number of anilines is 1. The van der Waals surface area contributed by atoms with Gasteiger partial charge in [0.25, 0.3) is 0 Å². The fourth-order valence-corrected chi connectivity index (χ4v) is 1.54. The van der Waals surface area contributed by atoms with Crippen molar-refractivity contribution in [1.29, 1.82) is 5.26 Å². The van der Waals surface area contributed by atoms with Gasteiger partial charge < -0.3 is 10.1 Å². The Balaban J connectivity index is 2.68. The second-order valence-electron chi connectivity index (χ2n) is 4.35. The molecule has 0 fully saturated rings. The van der Waals surface area contributed by atoms with Gasteiger partial charge in [0, 0.05) is 12.3 Å². The molecule has 0 aliphatic rings. The number of nitrogens with one attached hydrogen (secondary N) is 1. The van der Waals surface area contributed by atoms with E-state index in [2.05, 4.69) is 25.2 Å². The maximum absolute atomic E-state index is 8.84. The normalized spacial score (nSPS) is 12.2. The monoisotopic (exact) mass is 232 g/mol. The summed E-state index contributed by atoms with van der Waals surface area (Å²) in [5.74, 6) is 0.479. The zero-order valence-corrected chi connectivity index (χ0v) is 10.7. The van der Waals surface area contributed by atoms with Crippen LogP contribution in [0.2, 0.25) is 0 Å². The summed E-state index contributed by atoms with van der Waals surface area (Å²) >= 11 is 0. The molecule has 0 saturated heterocycles. The lowest BCUT2D eigenvalue weighted by Gasteiger charge is -2.23. The van der Waals surface area contributed by atoms with Crippen LogP contribution in [-0.2, 0) is 4.74 Å². The van der Waals surface area contributed by atoms with Crippen LogP contribution in [0.15, 0.2) is 24.3 Å². The van der Waals surface area contributed by atoms with Crippen LogP contribution in [0.1, 0.15) is 26.3 Å². The van der Waals surface area contributed by atoms with Crippen molar-refractivity contribution in [2.75, 3.05) is 18.5 Å². The fourth-order valence-electron chi connectivity index (χ4n) is 1.54. The second kappa shape index (κ2) is 6.93. The van der Waals surface area contributed by atoms with Crippen molar-refractivity contribution in [3.63, 3.8) is 0 Å². The van der Waals surface area contributed by atoms with E-state index in [0.717, 1.165) is 12.3 Å². The Labute approximate surface area is 103 Å². The van der Waals surface area contributed by atoms with Crippen molar-refractivity contribution >= 4 is 5.69 Å². The van der Waals surface area contributed by atoms with Gasteiger partial charge in [-0.2, -0.15) is 5.26 Å². The molecule has 1 N–H and O–H groups in total. The molecule has 17 heavy (non-hydrogen) atoms. The summed E-state index contributed by atoms with van der Waals surface area (Å²) in [6, 6.07) is 9.94. The summed E-state index contributed by atoms with van der Waals surface area (Å²) in [5, 5.41) is 12.3. The molecule has 1 atom stereocenters. The number of rotatable bonds is 6. The average Bonchev–Trinajstić information content (AvgIpc) is 2.34. The van der Waals surface area contributed by atoms with E-state index < -0.39 is 0 Å². The van der Waals surface area contributed by atoms with Gasteiger partial charge in [-0.25, -0.2) is 0 Å². The molecule has 0 aromatic heterocycles. The first-order valence-electron chi connectivity index (χ1n) is 6.01. The summed E-state index contributed by atoms with van der Waals surface area (Å²) in [5.41, 5.74) is 1.65. The van der Waals surface area contributed by atoms with Crippen molar-refractivity contribution in [3.05, 3.63) is 29.8 Å². The molecule has 0 amide bonds. The van der Waals surface area contributed by atoms with Crippen LogP contribution in [0.25, 0.3) is 0 Å². The van der Waals surface area contributed by atoms with Crippen molar-refractivity contribution in [3.8, 4) is 6.07 Å². The van der Waals surface area contributed by atoms with E-state index in [1.807, 2.05) is 25.1 Å². The van der Waals surface area contributed by atoms with Crippen molar-refractivity contribution in [1.82, 2.24) is 0 Å². The summed E-state index contributed by atoms with van der Waals surface area (Å²) in [6.45, 7) is 7.72. The Hall–Kier alpha value is -1.53. The number of nitrogens with zero attached hydrogens (tertiary/aromatic N) is 1. The molecular weight excluding hydrogens is 212 g/mol. The van der Waals surface area contributed by atoms with Crippen molar-refractivity contribution in [2.45, 2.75) is 26.8 Å². The van der Waals surface area contributed by atoms with Crippen LogP contribution in [0.3, 0.4) is 0 Å².